The number of aliphatic carboxylic acids is 2. The van der Waals surface area contributed by atoms with Crippen molar-refractivity contribution < 1.29 is 19.8 Å². The number of hydrogen-bond donors (Lipinski definition) is 0. The van der Waals surface area contributed by atoms with Gasteiger partial charge in [0.15, 0.2) is 0 Å². The van der Waals surface area contributed by atoms with Crippen molar-refractivity contribution in [1.82, 2.24) is 0 Å². The van der Waals surface area contributed by atoms with Crippen molar-refractivity contribution in [3.8, 4) is 0 Å². The zero-order chi connectivity index (χ0) is 9.84. The Morgan fingerprint density at radius 2 is 1.54 bits per heavy atom. The van der Waals surface area contributed by atoms with Crippen molar-refractivity contribution in [2.75, 3.05) is 11.5 Å². The first kappa shape index (κ1) is 10.5. The minimum atomic E-state index is -1.67. The summed E-state index contributed by atoms with van der Waals surface area (Å²) in [5.41, 5.74) is -0.713. The Kier molecular flexibility index (Phi) is 3.68. The van der Waals surface area contributed by atoms with Crippen molar-refractivity contribution in [1.29, 1.82) is 0 Å². The summed E-state index contributed by atoms with van der Waals surface area (Å²) < 4.78 is 0.297. The van der Waals surface area contributed by atoms with E-state index in [4.69, 9.17) is 0 Å². The van der Waals surface area contributed by atoms with Gasteiger partial charge in [0.2, 0.25) is 0 Å². The van der Waals surface area contributed by atoms with Gasteiger partial charge in [-0.2, -0.15) is 0 Å². The lowest BCUT2D eigenvalue weighted by Crippen LogP contribution is -2.37. The lowest BCUT2D eigenvalue weighted by molar-refractivity contribution is -0.312. The Morgan fingerprint density at radius 1 is 1.08 bits per heavy atom. The van der Waals surface area contributed by atoms with E-state index in [0.29, 0.717) is 4.24 Å². The first-order valence-electron chi connectivity index (χ1n) is 3.55. The molecule has 6 heteroatoms. The van der Waals surface area contributed by atoms with Gasteiger partial charge in [0, 0.05) is 5.57 Å². The van der Waals surface area contributed by atoms with Crippen LogP contribution in [0.15, 0.2) is 9.81 Å². The molecule has 0 amide bonds. The SMILES string of the molecule is O=C([O-])C(C(=O)[O-])=C1SCCCS1. The Bertz CT molecular complexity index is 248. The highest BCUT2D eigenvalue weighted by Crippen LogP contribution is 2.36. The Hall–Kier alpha value is -0.620. The van der Waals surface area contributed by atoms with Crippen molar-refractivity contribution in [2.24, 2.45) is 0 Å². The average Bonchev–Trinajstić information content (AvgIpc) is 2.04. The number of hydrogen-bond acceptors (Lipinski definition) is 6. The third kappa shape index (κ3) is 2.67. The summed E-state index contributed by atoms with van der Waals surface area (Å²) >= 11 is 2.46. The maximum atomic E-state index is 10.4. The van der Waals surface area contributed by atoms with Crippen LogP contribution in [0.5, 0.6) is 0 Å². The molecule has 0 saturated carbocycles. The van der Waals surface area contributed by atoms with Crippen LogP contribution < -0.4 is 10.2 Å². The second kappa shape index (κ2) is 4.57. The molecule has 0 atom stereocenters. The number of carbonyl (C=O) groups is 2. The fraction of sp³-hybridized carbons (Fsp3) is 0.429. The van der Waals surface area contributed by atoms with E-state index in [2.05, 4.69) is 0 Å². The number of thioether (sulfide) groups is 2. The number of carbonyl (C=O) groups excluding carboxylic acids is 2. The summed E-state index contributed by atoms with van der Waals surface area (Å²) in [4.78, 5) is 20.8. The van der Waals surface area contributed by atoms with Crippen molar-refractivity contribution in [2.45, 2.75) is 6.42 Å². The summed E-state index contributed by atoms with van der Waals surface area (Å²) in [6.45, 7) is 0. The minimum Gasteiger partial charge on any atom is -0.545 e. The average molecular weight is 218 g/mol. The third-order valence-corrected chi connectivity index (χ3v) is 3.99. The van der Waals surface area contributed by atoms with Gasteiger partial charge in [-0.05, 0) is 17.9 Å². The van der Waals surface area contributed by atoms with E-state index in [1.165, 1.54) is 23.5 Å². The molecule has 0 aliphatic carbocycles. The van der Waals surface area contributed by atoms with Gasteiger partial charge in [-0.3, -0.25) is 0 Å². The maximum Gasteiger partial charge on any atom is 0.0750 e. The predicted octanol–water partition coefficient (Wildman–Crippen LogP) is -1.43. The van der Waals surface area contributed by atoms with Crippen LogP contribution in [-0.4, -0.2) is 23.4 Å². The van der Waals surface area contributed by atoms with Gasteiger partial charge in [0.05, 0.1) is 16.2 Å². The van der Waals surface area contributed by atoms with Crippen LogP contribution in [0.4, 0.5) is 0 Å². The van der Waals surface area contributed by atoms with Gasteiger partial charge in [-0.15, -0.1) is 23.5 Å². The van der Waals surface area contributed by atoms with Crippen LogP contribution in [-0.2, 0) is 9.59 Å². The molecule has 0 N–H and O–H groups in total. The molecule has 1 heterocycles. The lowest BCUT2D eigenvalue weighted by atomic mass is 10.3. The molecule has 72 valence electrons. The molecule has 1 saturated heterocycles. The Labute approximate surface area is 83.4 Å². The molecule has 1 aliphatic rings. The summed E-state index contributed by atoms with van der Waals surface area (Å²) in [5, 5.41) is 20.8. The zero-order valence-corrected chi connectivity index (χ0v) is 8.20. The molecule has 1 rings (SSSR count). The van der Waals surface area contributed by atoms with E-state index < -0.39 is 17.5 Å². The summed E-state index contributed by atoms with van der Waals surface area (Å²) in [7, 11) is 0. The Balaban J connectivity index is 2.93. The van der Waals surface area contributed by atoms with Gasteiger partial charge in [-0.1, -0.05) is 0 Å². The van der Waals surface area contributed by atoms with Gasteiger partial charge in [0.25, 0.3) is 0 Å². The highest BCUT2D eigenvalue weighted by molar-refractivity contribution is 8.22. The molecular formula is C7H6O4S2-2. The van der Waals surface area contributed by atoms with Gasteiger partial charge in [-0.25, -0.2) is 0 Å². The molecular weight excluding hydrogens is 212 g/mol. The molecule has 0 unspecified atom stereocenters. The van der Waals surface area contributed by atoms with Gasteiger partial charge >= 0.3 is 0 Å². The monoisotopic (exact) mass is 218 g/mol. The predicted molar refractivity (Wildman–Crippen MR) is 46.6 cm³/mol. The second-order valence-electron chi connectivity index (χ2n) is 2.29. The smallest absolute Gasteiger partial charge is 0.0750 e. The molecule has 1 fully saturated rings. The lowest BCUT2D eigenvalue weighted by Gasteiger charge is -2.19. The van der Waals surface area contributed by atoms with Crippen LogP contribution in [0.25, 0.3) is 0 Å². The molecule has 0 spiro atoms. The topological polar surface area (TPSA) is 80.3 Å². The standard InChI is InChI=1S/C7H8O4S2/c8-5(9)4(6(10)11)7-12-2-1-3-13-7/h1-3H2,(H,8,9)(H,10,11)/p-2. The van der Waals surface area contributed by atoms with E-state index in [0.717, 1.165) is 17.9 Å². The van der Waals surface area contributed by atoms with E-state index >= 15 is 0 Å². The van der Waals surface area contributed by atoms with Crippen molar-refractivity contribution in [3.63, 3.8) is 0 Å². The normalized spacial score (nSPS) is 16.8. The van der Waals surface area contributed by atoms with Gasteiger partial charge in [0.1, 0.15) is 0 Å². The maximum absolute atomic E-state index is 10.4. The van der Waals surface area contributed by atoms with E-state index in [-0.39, 0.29) is 0 Å². The molecule has 0 aromatic rings. The van der Waals surface area contributed by atoms with Crippen LogP contribution >= 0.6 is 23.5 Å². The van der Waals surface area contributed by atoms with E-state index in [9.17, 15) is 19.8 Å². The largest absolute Gasteiger partial charge is 0.545 e. The quantitative estimate of drug-likeness (QED) is 0.321. The van der Waals surface area contributed by atoms with Crippen LogP contribution in [0.3, 0.4) is 0 Å². The molecule has 0 aromatic carbocycles. The first-order valence-corrected chi connectivity index (χ1v) is 5.52. The Morgan fingerprint density at radius 3 is 1.92 bits per heavy atom. The zero-order valence-electron chi connectivity index (χ0n) is 6.57. The molecule has 1 aliphatic heterocycles. The highest BCUT2D eigenvalue weighted by atomic mass is 32.2. The van der Waals surface area contributed by atoms with Crippen LogP contribution in [0.1, 0.15) is 6.42 Å². The molecule has 4 nitrogen and oxygen atoms in total. The summed E-state index contributed by atoms with van der Waals surface area (Å²) in [6.07, 6.45) is 0.951. The molecule has 13 heavy (non-hydrogen) atoms. The molecule has 0 bridgehead atoms. The number of carboxylic acid groups (broad SMARTS) is 2. The molecule has 0 aromatic heterocycles. The fourth-order valence-electron chi connectivity index (χ4n) is 0.825. The third-order valence-electron chi connectivity index (χ3n) is 1.37. The minimum absolute atomic E-state index is 0.297. The van der Waals surface area contributed by atoms with E-state index in [1.54, 1.807) is 0 Å². The number of carboxylic acids is 2. The first-order chi connectivity index (χ1) is 6.13. The van der Waals surface area contributed by atoms with Gasteiger partial charge < -0.3 is 19.8 Å². The van der Waals surface area contributed by atoms with Crippen LogP contribution in [0, 0.1) is 0 Å². The summed E-state index contributed by atoms with van der Waals surface area (Å²) in [5.74, 6) is -1.85. The molecule has 0 radical (unpaired) electrons. The van der Waals surface area contributed by atoms with Crippen molar-refractivity contribution >= 4 is 35.5 Å². The second-order valence-corrected chi connectivity index (χ2v) is 4.76. The fourth-order valence-corrected chi connectivity index (χ4v) is 3.41. The van der Waals surface area contributed by atoms with E-state index in [1.807, 2.05) is 0 Å². The summed E-state index contributed by atoms with van der Waals surface area (Å²) in [6, 6.07) is 0. The number of rotatable bonds is 2. The highest BCUT2D eigenvalue weighted by Gasteiger charge is 2.14. The van der Waals surface area contributed by atoms with Crippen LogP contribution in [0.2, 0.25) is 0 Å². The van der Waals surface area contributed by atoms with Crippen molar-refractivity contribution in [3.05, 3.63) is 9.81 Å².